The summed E-state index contributed by atoms with van der Waals surface area (Å²) in [5.74, 6) is 1.53. The lowest BCUT2D eigenvalue weighted by atomic mass is 10.0. The van der Waals surface area contributed by atoms with Crippen molar-refractivity contribution in [3.05, 3.63) is 23.8 Å². The van der Waals surface area contributed by atoms with Gasteiger partial charge in [-0.25, -0.2) is 4.79 Å². The first kappa shape index (κ1) is 15.4. The van der Waals surface area contributed by atoms with Crippen molar-refractivity contribution < 1.29 is 19.0 Å². The summed E-state index contributed by atoms with van der Waals surface area (Å²) in [4.78, 5) is 13.3. The van der Waals surface area contributed by atoms with Crippen LogP contribution < -0.4 is 14.8 Å². The molecule has 2 rings (SSSR count). The quantitative estimate of drug-likeness (QED) is 0.831. The molecule has 1 aliphatic rings. The number of ether oxygens (including phenoxy) is 3. The van der Waals surface area contributed by atoms with E-state index in [1.165, 1.54) is 0 Å². The molecule has 1 saturated heterocycles. The normalized spacial score (nSPS) is 15.8. The molecule has 1 unspecified atom stereocenters. The summed E-state index contributed by atoms with van der Waals surface area (Å²) in [5, 5.41) is 3.39. The molecule has 1 N–H and O–H groups in total. The molecule has 1 aliphatic heterocycles. The van der Waals surface area contributed by atoms with E-state index in [2.05, 4.69) is 5.32 Å². The van der Waals surface area contributed by atoms with Crippen molar-refractivity contribution in [2.75, 3.05) is 40.5 Å². The van der Waals surface area contributed by atoms with Gasteiger partial charge in [0.05, 0.1) is 26.8 Å². The number of likely N-dealkylation sites (N-methyl/N-ethyl adjacent to an activating group) is 1. The van der Waals surface area contributed by atoms with Crippen LogP contribution in [0.3, 0.4) is 0 Å². The molecule has 0 bridgehead atoms. The summed E-state index contributed by atoms with van der Waals surface area (Å²) in [6, 6.07) is 5.63. The highest BCUT2D eigenvalue weighted by molar-refractivity contribution is 5.69. The fraction of sp³-hybridized carbons (Fsp3) is 0.533. The number of benzene rings is 1. The zero-order valence-corrected chi connectivity index (χ0v) is 12.7. The van der Waals surface area contributed by atoms with E-state index in [4.69, 9.17) is 14.2 Å². The molecular weight excluding hydrogens is 272 g/mol. The molecule has 0 spiro atoms. The summed E-state index contributed by atoms with van der Waals surface area (Å²) in [6.45, 7) is 4.42. The number of nitrogens with zero attached hydrogens (tertiary/aromatic N) is 1. The first-order valence-electron chi connectivity index (χ1n) is 7.06. The van der Waals surface area contributed by atoms with Crippen LogP contribution in [0.15, 0.2) is 18.2 Å². The predicted octanol–water partition coefficient (Wildman–Crippen LogP) is 1.81. The van der Waals surface area contributed by atoms with Gasteiger partial charge in [0.25, 0.3) is 0 Å². The Morgan fingerprint density at radius 1 is 1.38 bits per heavy atom. The Kier molecular flexibility index (Phi) is 5.27. The van der Waals surface area contributed by atoms with Crippen LogP contribution in [0.2, 0.25) is 0 Å². The molecule has 1 amide bonds. The molecule has 0 saturated carbocycles. The van der Waals surface area contributed by atoms with Gasteiger partial charge in [-0.3, -0.25) is 0 Å². The van der Waals surface area contributed by atoms with Gasteiger partial charge in [0.15, 0.2) is 0 Å². The number of rotatable bonds is 7. The number of cyclic esters (lactones) is 1. The summed E-state index contributed by atoms with van der Waals surface area (Å²) in [6.07, 6.45) is -0.264. The highest BCUT2D eigenvalue weighted by Gasteiger charge is 2.27. The van der Waals surface area contributed by atoms with E-state index >= 15 is 0 Å². The van der Waals surface area contributed by atoms with E-state index in [9.17, 15) is 4.79 Å². The zero-order chi connectivity index (χ0) is 15.2. The van der Waals surface area contributed by atoms with Gasteiger partial charge in [0, 0.05) is 12.1 Å². The Hall–Kier alpha value is -1.95. The van der Waals surface area contributed by atoms with Crippen LogP contribution in [0.4, 0.5) is 4.79 Å². The summed E-state index contributed by atoms with van der Waals surface area (Å²) in [5.41, 5.74) is 0.971. The molecule has 1 fully saturated rings. The van der Waals surface area contributed by atoms with Crippen LogP contribution in [0.1, 0.15) is 18.5 Å². The number of hydrogen-bond donors (Lipinski definition) is 1. The maximum Gasteiger partial charge on any atom is 0.410 e. The van der Waals surface area contributed by atoms with Crippen molar-refractivity contribution in [3.63, 3.8) is 0 Å². The second kappa shape index (κ2) is 7.17. The second-order valence-electron chi connectivity index (χ2n) is 4.78. The molecule has 1 aromatic rings. The van der Waals surface area contributed by atoms with Crippen molar-refractivity contribution in [2.45, 2.75) is 13.0 Å². The maximum absolute atomic E-state index is 11.6. The van der Waals surface area contributed by atoms with E-state index in [0.29, 0.717) is 19.7 Å². The Bertz CT molecular complexity index is 493. The molecule has 116 valence electrons. The van der Waals surface area contributed by atoms with Crippen LogP contribution in [0.5, 0.6) is 11.5 Å². The van der Waals surface area contributed by atoms with Gasteiger partial charge < -0.3 is 24.4 Å². The Labute approximate surface area is 125 Å². The van der Waals surface area contributed by atoms with Gasteiger partial charge in [0.2, 0.25) is 0 Å². The van der Waals surface area contributed by atoms with Crippen molar-refractivity contribution >= 4 is 6.09 Å². The zero-order valence-electron chi connectivity index (χ0n) is 12.7. The highest BCUT2D eigenvalue weighted by atomic mass is 16.6. The van der Waals surface area contributed by atoms with Gasteiger partial charge in [-0.1, -0.05) is 6.92 Å². The average Bonchev–Trinajstić information content (AvgIpc) is 2.91. The lowest BCUT2D eigenvalue weighted by molar-refractivity contribution is 0.155. The summed E-state index contributed by atoms with van der Waals surface area (Å²) >= 11 is 0. The Balaban J connectivity index is 2.25. The standard InChI is InChI=1S/C15H22N2O4/c1-4-16-13(10-17-7-8-21-15(17)18)12-9-11(19-2)5-6-14(12)20-3/h5-6,9,13,16H,4,7-8,10H2,1-3H3. The van der Waals surface area contributed by atoms with Gasteiger partial charge >= 0.3 is 6.09 Å². The van der Waals surface area contributed by atoms with E-state index in [0.717, 1.165) is 23.6 Å². The molecule has 1 aromatic carbocycles. The highest BCUT2D eigenvalue weighted by Crippen LogP contribution is 2.30. The molecule has 6 heteroatoms. The van der Waals surface area contributed by atoms with Crippen molar-refractivity contribution in [3.8, 4) is 11.5 Å². The minimum atomic E-state index is -0.264. The fourth-order valence-corrected chi connectivity index (χ4v) is 2.44. The van der Waals surface area contributed by atoms with E-state index < -0.39 is 0 Å². The predicted molar refractivity (Wildman–Crippen MR) is 78.9 cm³/mol. The lowest BCUT2D eigenvalue weighted by Gasteiger charge is -2.25. The first-order valence-corrected chi connectivity index (χ1v) is 7.06. The van der Waals surface area contributed by atoms with Gasteiger partial charge in [-0.15, -0.1) is 0 Å². The molecule has 0 radical (unpaired) electrons. The summed E-state index contributed by atoms with van der Waals surface area (Å²) < 4.78 is 15.7. The fourth-order valence-electron chi connectivity index (χ4n) is 2.44. The SMILES string of the molecule is CCNC(CN1CCOC1=O)c1cc(OC)ccc1OC. The van der Waals surface area contributed by atoms with Gasteiger partial charge in [-0.2, -0.15) is 0 Å². The smallest absolute Gasteiger partial charge is 0.410 e. The van der Waals surface area contributed by atoms with Gasteiger partial charge in [0.1, 0.15) is 18.1 Å². The topological polar surface area (TPSA) is 60.0 Å². The average molecular weight is 294 g/mol. The van der Waals surface area contributed by atoms with E-state index in [1.54, 1.807) is 19.1 Å². The number of amides is 1. The maximum atomic E-state index is 11.6. The van der Waals surface area contributed by atoms with E-state index in [1.807, 2.05) is 25.1 Å². The molecule has 21 heavy (non-hydrogen) atoms. The number of methoxy groups -OCH3 is 2. The van der Waals surface area contributed by atoms with Crippen molar-refractivity contribution in [1.82, 2.24) is 10.2 Å². The third kappa shape index (κ3) is 3.58. The van der Waals surface area contributed by atoms with Crippen LogP contribution in [0.25, 0.3) is 0 Å². The summed E-state index contributed by atoms with van der Waals surface area (Å²) in [7, 11) is 3.27. The molecule has 6 nitrogen and oxygen atoms in total. The van der Waals surface area contributed by atoms with Crippen LogP contribution >= 0.6 is 0 Å². The molecule has 1 heterocycles. The third-order valence-electron chi connectivity index (χ3n) is 3.51. The third-order valence-corrected chi connectivity index (χ3v) is 3.51. The van der Waals surface area contributed by atoms with E-state index in [-0.39, 0.29) is 12.1 Å². The largest absolute Gasteiger partial charge is 0.497 e. The molecule has 1 atom stereocenters. The Morgan fingerprint density at radius 3 is 2.76 bits per heavy atom. The van der Waals surface area contributed by atoms with Crippen LogP contribution in [-0.2, 0) is 4.74 Å². The van der Waals surface area contributed by atoms with Crippen LogP contribution in [-0.4, -0.2) is 51.5 Å². The molecular formula is C15H22N2O4. The Morgan fingerprint density at radius 2 is 2.19 bits per heavy atom. The lowest BCUT2D eigenvalue weighted by Crippen LogP contribution is -2.36. The first-order chi connectivity index (χ1) is 10.2. The minimum absolute atomic E-state index is 0.0364. The van der Waals surface area contributed by atoms with Gasteiger partial charge in [-0.05, 0) is 24.7 Å². The van der Waals surface area contributed by atoms with Crippen molar-refractivity contribution in [2.24, 2.45) is 0 Å². The van der Waals surface area contributed by atoms with Crippen molar-refractivity contribution in [1.29, 1.82) is 0 Å². The number of hydrogen-bond acceptors (Lipinski definition) is 5. The molecule has 0 aliphatic carbocycles. The number of carbonyl (C=O) groups is 1. The number of nitrogens with one attached hydrogen (secondary N) is 1. The minimum Gasteiger partial charge on any atom is -0.497 e. The monoisotopic (exact) mass is 294 g/mol. The second-order valence-corrected chi connectivity index (χ2v) is 4.78. The number of carbonyl (C=O) groups excluding carboxylic acids is 1. The van der Waals surface area contributed by atoms with Crippen LogP contribution in [0, 0.1) is 0 Å². The molecule has 0 aromatic heterocycles.